The van der Waals surface area contributed by atoms with Crippen molar-refractivity contribution in [1.29, 1.82) is 0 Å². The molecular formula is C23H29N5O4S. The largest absolute Gasteiger partial charge is 0.465 e. The van der Waals surface area contributed by atoms with Gasteiger partial charge in [-0.2, -0.15) is 5.10 Å². The first-order valence-corrected chi connectivity index (χ1v) is 13.2. The number of amides is 1. The monoisotopic (exact) mass is 471 g/mol. The molecule has 1 amide bonds. The van der Waals surface area contributed by atoms with Crippen molar-refractivity contribution in [3.63, 3.8) is 0 Å². The quantitative estimate of drug-likeness (QED) is 0.623. The molecule has 4 heterocycles. The number of benzene rings is 1. The number of hydrogen-bond donors (Lipinski definition) is 1. The normalized spacial score (nSPS) is 23.1. The molecule has 10 heteroatoms. The third-order valence-electron chi connectivity index (χ3n) is 6.93. The van der Waals surface area contributed by atoms with Gasteiger partial charge in [0.25, 0.3) is 0 Å². The van der Waals surface area contributed by atoms with Crippen LogP contribution in [0, 0.1) is 6.92 Å². The number of nitrogens with zero attached hydrogens (tertiary/aromatic N) is 5. The fourth-order valence-electron chi connectivity index (χ4n) is 5.35. The first kappa shape index (κ1) is 21.9. The predicted octanol–water partition coefficient (Wildman–Crippen LogP) is 3.52. The van der Waals surface area contributed by atoms with E-state index in [2.05, 4.69) is 16.6 Å². The molecule has 1 aromatic carbocycles. The van der Waals surface area contributed by atoms with Gasteiger partial charge in [-0.15, -0.1) is 0 Å². The van der Waals surface area contributed by atoms with E-state index < -0.39 is 15.9 Å². The summed E-state index contributed by atoms with van der Waals surface area (Å²) in [6.07, 6.45) is 4.86. The van der Waals surface area contributed by atoms with Gasteiger partial charge in [-0.25, -0.2) is 18.2 Å². The van der Waals surface area contributed by atoms with Crippen LogP contribution in [0.15, 0.2) is 24.5 Å². The smallest absolute Gasteiger partial charge is 0.412 e. The molecule has 2 aliphatic heterocycles. The van der Waals surface area contributed by atoms with E-state index in [9.17, 15) is 18.3 Å². The summed E-state index contributed by atoms with van der Waals surface area (Å²) in [7, 11) is -3.08. The lowest BCUT2D eigenvalue weighted by Crippen LogP contribution is -2.41. The van der Waals surface area contributed by atoms with E-state index in [-0.39, 0.29) is 29.5 Å². The van der Waals surface area contributed by atoms with Crippen LogP contribution in [-0.4, -0.2) is 56.5 Å². The van der Waals surface area contributed by atoms with Gasteiger partial charge in [0.15, 0.2) is 9.84 Å². The van der Waals surface area contributed by atoms with Crippen LogP contribution in [0.25, 0.3) is 11.0 Å². The summed E-state index contributed by atoms with van der Waals surface area (Å²) < 4.78 is 28.6. The lowest BCUT2D eigenvalue weighted by Gasteiger charge is -2.33. The van der Waals surface area contributed by atoms with Crippen LogP contribution in [0.3, 0.4) is 0 Å². The number of sulfone groups is 1. The molecule has 0 spiro atoms. The maximum Gasteiger partial charge on any atom is 0.412 e. The number of aromatic nitrogens is 4. The Morgan fingerprint density at radius 2 is 2.09 bits per heavy atom. The van der Waals surface area contributed by atoms with Crippen molar-refractivity contribution in [2.45, 2.75) is 64.6 Å². The third kappa shape index (κ3) is 3.80. The predicted molar refractivity (Wildman–Crippen MR) is 126 cm³/mol. The molecule has 2 aromatic heterocycles. The Morgan fingerprint density at radius 3 is 2.73 bits per heavy atom. The molecule has 1 saturated heterocycles. The van der Waals surface area contributed by atoms with E-state index in [1.54, 1.807) is 0 Å². The number of fused-ring (bicyclic) bond motifs is 3. The fraction of sp³-hybridized carbons (Fsp3) is 0.522. The van der Waals surface area contributed by atoms with Gasteiger partial charge in [0, 0.05) is 23.7 Å². The Kier molecular flexibility index (Phi) is 5.23. The highest BCUT2D eigenvalue weighted by atomic mass is 32.2. The minimum Gasteiger partial charge on any atom is -0.465 e. The molecule has 176 valence electrons. The van der Waals surface area contributed by atoms with E-state index in [0.29, 0.717) is 18.7 Å². The molecule has 0 radical (unpaired) electrons. The number of carbonyl (C=O) groups is 1. The highest BCUT2D eigenvalue weighted by Crippen LogP contribution is 2.39. The zero-order valence-electron chi connectivity index (χ0n) is 19.1. The first-order valence-electron chi connectivity index (χ1n) is 11.4. The molecule has 3 atom stereocenters. The van der Waals surface area contributed by atoms with Crippen LogP contribution >= 0.6 is 0 Å². The summed E-state index contributed by atoms with van der Waals surface area (Å²) in [5.74, 6) is 1.11. The van der Waals surface area contributed by atoms with E-state index in [0.717, 1.165) is 40.8 Å². The molecule has 0 aliphatic carbocycles. The van der Waals surface area contributed by atoms with E-state index >= 15 is 0 Å². The summed E-state index contributed by atoms with van der Waals surface area (Å²) in [4.78, 5) is 18.4. The highest BCUT2D eigenvalue weighted by molar-refractivity contribution is 7.91. The summed E-state index contributed by atoms with van der Waals surface area (Å²) in [5, 5.41) is 14.2. The minimum absolute atomic E-state index is 0.00579. The Hall–Kier alpha value is -2.88. The van der Waals surface area contributed by atoms with Gasteiger partial charge >= 0.3 is 6.09 Å². The number of imidazole rings is 1. The molecule has 0 unspecified atom stereocenters. The lowest BCUT2D eigenvalue weighted by molar-refractivity contribution is 0.198. The molecule has 3 aromatic rings. The average molecular weight is 472 g/mol. The number of rotatable bonds is 4. The highest BCUT2D eigenvalue weighted by Gasteiger charge is 2.35. The maximum atomic E-state index is 12.3. The Bertz CT molecular complexity index is 1340. The SMILES string of the molecule is Cc1cnn(C[C@H](C)c2nc3c4c(ccc3n2[C@H]2CCS(=O)(=O)C2)N(C(=O)O)[C@@H](C)CC4)c1. The molecule has 9 nitrogen and oxygen atoms in total. The molecule has 0 bridgehead atoms. The van der Waals surface area contributed by atoms with E-state index in [1.807, 2.05) is 43.1 Å². The second-order valence-electron chi connectivity index (χ2n) is 9.51. The van der Waals surface area contributed by atoms with Crippen molar-refractivity contribution in [3.05, 3.63) is 41.5 Å². The van der Waals surface area contributed by atoms with Gasteiger partial charge in [-0.1, -0.05) is 6.92 Å². The zero-order valence-corrected chi connectivity index (χ0v) is 19.9. The number of aryl methyl sites for hydroxylation is 2. The Labute approximate surface area is 192 Å². The van der Waals surface area contributed by atoms with Crippen molar-refractivity contribution < 1.29 is 18.3 Å². The van der Waals surface area contributed by atoms with Crippen LogP contribution in [-0.2, 0) is 22.8 Å². The topological polar surface area (TPSA) is 110 Å². The van der Waals surface area contributed by atoms with Crippen LogP contribution in [0.2, 0.25) is 0 Å². The molecule has 1 fully saturated rings. The molecule has 0 saturated carbocycles. The van der Waals surface area contributed by atoms with Gasteiger partial charge in [0.2, 0.25) is 0 Å². The van der Waals surface area contributed by atoms with Crippen molar-refractivity contribution in [2.75, 3.05) is 16.4 Å². The Balaban J connectivity index is 1.66. The average Bonchev–Trinajstić information content (AvgIpc) is 3.43. The van der Waals surface area contributed by atoms with Gasteiger partial charge in [0.05, 0.1) is 47.0 Å². The van der Waals surface area contributed by atoms with Crippen LogP contribution < -0.4 is 4.90 Å². The lowest BCUT2D eigenvalue weighted by atomic mass is 9.95. The summed E-state index contributed by atoms with van der Waals surface area (Å²) >= 11 is 0. The van der Waals surface area contributed by atoms with Gasteiger partial charge in [0.1, 0.15) is 5.82 Å². The molecule has 33 heavy (non-hydrogen) atoms. The number of hydrogen-bond acceptors (Lipinski definition) is 5. The van der Waals surface area contributed by atoms with Crippen LogP contribution in [0.4, 0.5) is 10.5 Å². The van der Waals surface area contributed by atoms with Crippen LogP contribution in [0.5, 0.6) is 0 Å². The molecule has 2 aliphatic rings. The third-order valence-corrected chi connectivity index (χ3v) is 8.68. The van der Waals surface area contributed by atoms with Gasteiger partial charge < -0.3 is 9.67 Å². The number of carboxylic acid groups (broad SMARTS) is 1. The van der Waals surface area contributed by atoms with Crippen LogP contribution in [0.1, 0.15) is 55.6 Å². The second-order valence-corrected chi connectivity index (χ2v) is 11.7. The first-order chi connectivity index (χ1) is 15.6. The van der Waals surface area contributed by atoms with Crippen molar-refractivity contribution in [1.82, 2.24) is 19.3 Å². The van der Waals surface area contributed by atoms with E-state index in [4.69, 9.17) is 4.98 Å². The Morgan fingerprint density at radius 1 is 1.30 bits per heavy atom. The van der Waals surface area contributed by atoms with Crippen molar-refractivity contribution >= 4 is 32.7 Å². The van der Waals surface area contributed by atoms with E-state index in [1.165, 1.54) is 4.90 Å². The summed E-state index contributed by atoms with van der Waals surface area (Å²) in [6, 6.07) is 3.49. The maximum absolute atomic E-state index is 12.3. The molecule has 1 N–H and O–H groups in total. The summed E-state index contributed by atoms with van der Waals surface area (Å²) in [6.45, 7) is 6.62. The zero-order chi connectivity index (χ0) is 23.5. The van der Waals surface area contributed by atoms with Crippen molar-refractivity contribution in [3.8, 4) is 0 Å². The second kappa shape index (κ2) is 7.86. The van der Waals surface area contributed by atoms with Crippen molar-refractivity contribution in [2.24, 2.45) is 0 Å². The number of anilines is 1. The molecular weight excluding hydrogens is 442 g/mol. The van der Waals surface area contributed by atoms with Gasteiger partial charge in [-0.3, -0.25) is 9.58 Å². The van der Waals surface area contributed by atoms with Gasteiger partial charge in [-0.05, 0) is 50.8 Å². The fourth-order valence-corrected chi connectivity index (χ4v) is 7.05. The minimum atomic E-state index is -3.08. The standard InChI is InChI=1S/C23H29N5O4S/c1-14-10-24-26(11-14)12-15(2)22-25-21-18-5-4-16(3)27(23(29)30)19(18)6-7-20(21)28(22)17-8-9-33(31,32)13-17/h6-7,10-11,15-17H,4-5,8-9,12-13H2,1-3H3,(H,29,30)/t15-,16-,17-/m0/s1. The molecule has 5 rings (SSSR count). The summed E-state index contributed by atoms with van der Waals surface area (Å²) in [5.41, 5.74) is 4.35.